The third kappa shape index (κ3) is 6.40. The molecule has 0 spiro atoms. The van der Waals surface area contributed by atoms with Crippen LogP contribution in [0.5, 0.6) is 0 Å². The van der Waals surface area contributed by atoms with Crippen molar-refractivity contribution in [3.63, 3.8) is 0 Å². The standard InChI is InChI=1S/C24H27N7O5/c1-4-31(13-16-12-27-22-20(28-16)21(25)29-24(26)30-22)17-8-5-14(6-9-17)18(32)11-15(23(34)36-3)7-10-19(33)35-2/h1,5-6,8-9,12,15H,4,7,10-11,13H2,2-3H3,(H4,25,26,27,29,30). The first-order valence-corrected chi connectivity index (χ1v) is 11.0. The van der Waals surface area contributed by atoms with Crippen LogP contribution in [0.25, 0.3) is 11.2 Å². The average Bonchev–Trinajstić information content (AvgIpc) is 2.89. The molecule has 0 bridgehead atoms. The van der Waals surface area contributed by atoms with Gasteiger partial charge in [-0.25, -0.2) is 9.97 Å². The molecule has 0 fully saturated rings. The number of fused-ring (bicyclic) bond motifs is 1. The number of aromatic nitrogens is 4. The number of esters is 2. The summed E-state index contributed by atoms with van der Waals surface area (Å²) in [5, 5.41) is 0. The van der Waals surface area contributed by atoms with Gasteiger partial charge in [0.15, 0.2) is 22.8 Å². The summed E-state index contributed by atoms with van der Waals surface area (Å²) in [5.74, 6) is -1.87. The van der Waals surface area contributed by atoms with Crippen molar-refractivity contribution in [1.82, 2.24) is 19.9 Å². The van der Waals surface area contributed by atoms with Gasteiger partial charge < -0.3 is 25.8 Å². The molecule has 2 heterocycles. The first-order chi connectivity index (χ1) is 17.2. The smallest absolute Gasteiger partial charge is 0.309 e. The van der Waals surface area contributed by atoms with Crippen LogP contribution in [0.15, 0.2) is 30.5 Å². The van der Waals surface area contributed by atoms with Crippen molar-refractivity contribution in [2.24, 2.45) is 5.92 Å². The summed E-state index contributed by atoms with van der Waals surface area (Å²) in [6, 6.07) is 6.79. The van der Waals surface area contributed by atoms with Gasteiger partial charge in [-0.05, 0) is 37.6 Å². The Hall–Kier alpha value is -4.35. The number of methoxy groups -OCH3 is 2. The highest BCUT2D eigenvalue weighted by Gasteiger charge is 2.24. The van der Waals surface area contributed by atoms with Gasteiger partial charge in [0.25, 0.3) is 0 Å². The van der Waals surface area contributed by atoms with Gasteiger partial charge in [0.05, 0.1) is 38.6 Å². The molecule has 12 nitrogen and oxygen atoms in total. The number of anilines is 3. The SMILES string of the molecule is [CH]CN(Cc1cnc2nc(N)nc(N)c2n1)c1ccc(C(=O)CC(CCC(=O)OC)C(=O)OC)cc1. The molecule has 1 unspecified atom stereocenters. The zero-order valence-electron chi connectivity index (χ0n) is 20.0. The van der Waals surface area contributed by atoms with Crippen LogP contribution in [0.3, 0.4) is 0 Å². The molecule has 0 aliphatic heterocycles. The van der Waals surface area contributed by atoms with Gasteiger partial charge in [0, 0.05) is 30.6 Å². The van der Waals surface area contributed by atoms with E-state index in [0.29, 0.717) is 29.0 Å². The van der Waals surface area contributed by atoms with E-state index in [1.54, 1.807) is 30.5 Å². The zero-order chi connectivity index (χ0) is 26.2. The van der Waals surface area contributed by atoms with Gasteiger partial charge in [0.2, 0.25) is 5.95 Å². The highest BCUT2D eigenvalue weighted by atomic mass is 16.5. The Labute approximate surface area is 208 Å². The molecular formula is C24H27N7O5. The maximum absolute atomic E-state index is 12.8. The number of carbonyl (C=O) groups excluding carboxylic acids is 3. The van der Waals surface area contributed by atoms with Crippen LogP contribution in [0.4, 0.5) is 17.5 Å². The fourth-order valence-electron chi connectivity index (χ4n) is 3.58. The Morgan fingerprint density at radius 1 is 1.06 bits per heavy atom. The normalized spacial score (nSPS) is 11.6. The maximum Gasteiger partial charge on any atom is 0.309 e. The molecule has 188 valence electrons. The number of ether oxygens (including phenoxy) is 2. The Morgan fingerprint density at radius 2 is 1.78 bits per heavy atom. The van der Waals surface area contributed by atoms with Crippen LogP contribution in [0.1, 0.15) is 35.3 Å². The maximum atomic E-state index is 12.8. The number of ketones is 1. The van der Waals surface area contributed by atoms with Crippen molar-refractivity contribution in [2.75, 3.05) is 37.1 Å². The van der Waals surface area contributed by atoms with E-state index in [9.17, 15) is 14.4 Å². The molecule has 0 saturated carbocycles. The van der Waals surface area contributed by atoms with Gasteiger partial charge in [-0.3, -0.25) is 14.4 Å². The molecule has 1 aromatic carbocycles. The van der Waals surface area contributed by atoms with E-state index in [-0.39, 0.29) is 43.4 Å². The molecule has 4 N–H and O–H groups in total. The first-order valence-electron chi connectivity index (χ1n) is 11.0. The molecule has 36 heavy (non-hydrogen) atoms. The zero-order valence-corrected chi connectivity index (χ0v) is 20.0. The van der Waals surface area contributed by atoms with Crippen molar-refractivity contribution >= 4 is 46.3 Å². The molecule has 12 heteroatoms. The average molecular weight is 494 g/mol. The van der Waals surface area contributed by atoms with Crippen LogP contribution in [0, 0.1) is 12.8 Å². The van der Waals surface area contributed by atoms with Crippen LogP contribution in [0.2, 0.25) is 0 Å². The summed E-state index contributed by atoms with van der Waals surface area (Å²) in [7, 11) is 2.50. The summed E-state index contributed by atoms with van der Waals surface area (Å²) in [6.07, 6.45) is 1.62. The van der Waals surface area contributed by atoms with Crippen molar-refractivity contribution in [3.05, 3.63) is 48.6 Å². The quantitative estimate of drug-likeness (QED) is 0.292. The van der Waals surface area contributed by atoms with Gasteiger partial charge in [-0.1, -0.05) is 0 Å². The Morgan fingerprint density at radius 3 is 2.42 bits per heavy atom. The highest BCUT2D eigenvalue weighted by Crippen LogP contribution is 2.22. The topological polar surface area (TPSA) is 177 Å². The van der Waals surface area contributed by atoms with E-state index in [1.165, 1.54) is 14.2 Å². The Kier molecular flexibility index (Phi) is 8.66. The van der Waals surface area contributed by atoms with Gasteiger partial charge in [-0.15, -0.1) is 0 Å². The number of hydrogen-bond acceptors (Lipinski definition) is 12. The third-order valence-corrected chi connectivity index (χ3v) is 5.52. The molecule has 3 rings (SSSR count). The second-order valence-electron chi connectivity index (χ2n) is 7.89. The van der Waals surface area contributed by atoms with E-state index in [1.807, 2.05) is 4.90 Å². The number of rotatable bonds is 11. The molecular weight excluding hydrogens is 466 g/mol. The molecule has 3 aromatic rings. The van der Waals surface area contributed by atoms with E-state index in [4.69, 9.17) is 23.1 Å². The lowest BCUT2D eigenvalue weighted by Crippen LogP contribution is -2.23. The summed E-state index contributed by atoms with van der Waals surface area (Å²) in [4.78, 5) is 54.8. The first kappa shape index (κ1) is 26.3. The summed E-state index contributed by atoms with van der Waals surface area (Å²) in [6.45, 7) is 6.43. The Balaban J connectivity index is 1.71. The number of hydrogen-bond donors (Lipinski definition) is 2. The van der Waals surface area contributed by atoms with E-state index >= 15 is 0 Å². The summed E-state index contributed by atoms with van der Waals surface area (Å²) >= 11 is 0. The van der Waals surface area contributed by atoms with Crippen LogP contribution < -0.4 is 16.4 Å². The van der Waals surface area contributed by atoms with Crippen molar-refractivity contribution in [1.29, 1.82) is 0 Å². The van der Waals surface area contributed by atoms with Crippen LogP contribution >= 0.6 is 0 Å². The molecule has 0 amide bonds. The lowest BCUT2D eigenvalue weighted by atomic mass is 9.94. The molecule has 2 radical (unpaired) electrons. The monoisotopic (exact) mass is 493 g/mol. The number of benzene rings is 1. The lowest BCUT2D eigenvalue weighted by molar-refractivity contribution is -0.146. The fraction of sp³-hybridized carbons (Fsp3) is 0.333. The number of nitrogens with two attached hydrogens (primary N) is 2. The molecule has 0 saturated heterocycles. The van der Waals surface area contributed by atoms with E-state index in [0.717, 1.165) is 5.69 Å². The minimum Gasteiger partial charge on any atom is -0.469 e. The van der Waals surface area contributed by atoms with E-state index in [2.05, 4.69) is 24.7 Å². The minimum absolute atomic E-state index is 0.0107. The number of nitrogens with zero attached hydrogens (tertiary/aromatic N) is 5. The second-order valence-corrected chi connectivity index (χ2v) is 7.89. The molecule has 0 aliphatic carbocycles. The number of Topliss-reactive ketones (excluding diaryl/α,β-unsaturated/α-hetero) is 1. The van der Waals surface area contributed by atoms with Crippen LogP contribution in [-0.4, -0.2) is 58.4 Å². The fourth-order valence-corrected chi connectivity index (χ4v) is 3.58. The largest absolute Gasteiger partial charge is 0.469 e. The molecule has 1 atom stereocenters. The molecule has 2 aromatic heterocycles. The highest BCUT2D eigenvalue weighted by molar-refractivity contribution is 5.98. The predicted octanol–water partition coefficient (Wildman–Crippen LogP) is 1.62. The van der Waals surface area contributed by atoms with Crippen molar-refractivity contribution in [2.45, 2.75) is 25.8 Å². The summed E-state index contributed by atoms with van der Waals surface area (Å²) in [5.41, 5.74) is 13.9. The summed E-state index contributed by atoms with van der Waals surface area (Å²) < 4.78 is 9.39. The van der Waals surface area contributed by atoms with Crippen molar-refractivity contribution in [3.8, 4) is 0 Å². The second kappa shape index (κ2) is 11.9. The van der Waals surface area contributed by atoms with Gasteiger partial charge in [0.1, 0.15) is 0 Å². The van der Waals surface area contributed by atoms with Crippen molar-refractivity contribution < 1.29 is 23.9 Å². The Bertz CT molecular complexity index is 1250. The van der Waals surface area contributed by atoms with Crippen LogP contribution in [-0.2, 0) is 25.6 Å². The van der Waals surface area contributed by atoms with E-state index < -0.39 is 17.9 Å². The minimum atomic E-state index is -0.750. The predicted molar refractivity (Wildman–Crippen MR) is 131 cm³/mol. The molecule has 0 aliphatic rings. The number of nitrogen functional groups attached to an aromatic ring is 2. The van der Waals surface area contributed by atoms with Gasteiger partial charge >= 0.3 is 11.9 Å². The van der Waals surface area contributed by atoms with Gasteiger partial charge in [-0.2, -0.15) is 9.97 Å². The third-order valence-electron chi connectivity index (χ3n) is 5.52. The lowest BCUT2D eigenvalue weighted by Gasteiger charge is -2.23. The number of carbonyl (C=O) groups is 3.